The Morgan fingerprint density at radius 3 is 2.29 bits per heavy atom. The molecule has 0 heterocycles. The number of amides is 1. The summed E-state index contributed by atoms with van der Waals surface area (Å²) < 4.78 is 37.4. The van der Waals surface area contributed by atoms with Crippen molar-refractivity contribution in [3.8, 4) is 11.5 Å². The summed E-state index contributed by atoms with van der Waals surface area (Å²) in [7, 11) is 4.60. The van der Waals surface area contributed by atoms with Crippen molar-refractivity contribution in [2.75, 3.05) is 21.3 Å². The molecule has 0 aliphatic heterocycles. The van der Waals surface area contributed by atoms with Crippen LogP contribution in [0.2, 0.25) is 0 Å². The standard InChI is InChI=1S/C17H16F2INO3/c1-21(9-10-4-5-12(18)13(19)6-10)17(22)11-7-15(23-2)16(24-3)8-14(11)20/h4-8H,9H2,1-3H3. The van der Waals surface area contributed by atoms with Gasteiger partial charge < -0.3 is 14.4 Å². The highest BCUT2D eigenvalue weighted by Gasteiger charge is 2.19. The van der Waals surface area contributed by atoms with E-state index in [0.29, 0.717) is 26.2 Å². The average molecular weight is 447 g/mol. The Bertz CT molecular complexity index is 768. The summed E-state index contributed by atoms with van der Waals surface area (Å²) in [5.41, 5.74) is 0.943. The van der Waals surface area contributed by atoms with E-state index in [-0.39, 0.29) is 12.5 Å². The van der Waals surface area contributed by atoms with Gasteiger partial charge in [0.1, 0.15) is 0 Å². The number of carbonyl (C=O) groups is 1. The lowest BCUT2D eigenvalue weighted by atomic mass is 10.1. The summed E-state index contributed by atoms with van der Waals surface area (Å²) in [5.74, 6) is -1.13. The Balaban J connectivity index is 2.25. The van der Waals surface area contributed by atoms with Gasteiger partial charge in [0.15, 0.2) is 23.1 Å². The fourth-order valence-corrected chi connectivity index (χ4v) is 2.88. The summed E-state index contributed by atoms with van der Waals surface area (Å²) in [6, 6.07) is 6.88. The van der Waals surface area contributed by atoms with Crippen LogP contribution in [0.1, 0.15) is 15.9 Å². The normalized spacial score (nSPS) is 10.4. The van der Waals surface area contributed by atoms with Gasteiger partial charge in [0.2, 0.25) is 0 Å². The second kappa shape index (κ2) is 7.78. The minimum absolute atomic E-state index is 0.153. The topological polar surface area (TPSA) is 38.8 Å². The smallest absolute Gasteiger partial charge is 0.255 e. The van der Waals surface area contributed by atoms with Crippen LogP contribution in [-0.4, -0.2) is 32.1 Å². The number of carbonyl (C=O) groups excluding carboxylic acids is 1. The molecule has 24 heavy (non-hydrogen) atoms. The van der Waals surface area contributed by atoms with Crippen LogP contribution in [0, 0.1) is 15.2 Å². The van der Waals surface area contributed by atoms with Crippen LogP contribution in [-0.2, 0) is 6.54 Å². The first-order valence-corrected chi connectivity index (χ1v) is 8.06. The van der Waals surface area contributed by atoms with Crippen molar-refractivity contribution in [3.05, 3.63) is 56.7 Å². The number of rotatable bonds is 5. The van der Waals surface area contributed by atoms with E-state index in [1.807, 2.05) is 22.6 Å². The molecule has 0 spiro atoms. The van der Waals surface area contributed by atoms with Crippen LogP contribution in [0.15, 0.2) is 30.3 Å². The molecule has 0 bridgehead atoms. The van der Waals surface area contributed by atoms with E-state index in [2.05, 4.69) is 0 Å². The SMILES string of the molecule is COc1cc(I)c(C(=O)N(C)Cc2ccc(F)c(F)c2)cc1OC. The maximum atomic E-state index is 13.3. The number of ether oxygens (including phenoxy) is 2. The Labute approximate surface area is 152 Å². The van der Waals surface area contributed by atoms with Crippen molar-refractivity contribution in [1.82, 2.24) is 4.90 Å². The highest BCUT2D eigenvalue weighted by molar-refractivity contribution is 14.1. The Morgan fingerprint density at radius 2 is 1.71 bits per heavy atom. The van der Waals surface area contributed by atoms with E-state index in [1.165, 1.54) is 25.2 Å². The van der Waals surface area contributed by atoms with Gasteiger partial charge in [0, 0.05) is 17.2 Å². The summed E-state index contributed by atoms with van der Waals surface area (Å²) in [6.07, 6.45) is 0. The number of halogens is 3. The van der Waals surface area contributed by atoms with E-state index in [4.69, 9.17) is 9.47 Å². The van der Waals surface area contributed by atoms with Crippen LogP contribution < -0.4 is 9.47 Å². The number of hydrogen-bond acceptors (Lipinski definition) is 3. The van der Waals surface area contributed by atoms with Crippen LogP contribution in [0.5, 0.6) is 11.5 Å². The minimum atomic E-state index is -0.936. The lowest BCUT2D eigenvalue weighted by Gasteiger charge is -2.19. The van der Waals surface area contributed by atoms with E-state index >= 15 is 0 Å². The molecule has 128 valence electrons. The molecule has 0 N–H and O–H groups in total. The van der Waals surface area contributed by atoms with Gasteiger partial charge in [0.25, 0.3) is 5.91 Å². The van der Waals surface area contributed by atoms with Crippen molar-refractivity contribution in [2.45, 2.75) is 6.54 Å². The quantitative estimate of drug-likeness (QED) is 0.654. The molecule has 0 radical (unpaired) electrons. The van der Waals surface area contributed by atoms with Crippen molar-refractivity contribution in [2.24, 2.45) is 0 Å². The van der Waals surface area contributed by atoms with Gasteiger partial charge in [-0.1, -0.05) is 6.07 Å². The van der Waals surface area contributed by atoms with E-state index in [9.17, 15) is 13.6 Å². The maximum absolute atomic E-state index is 13.3. The largest absolute Gasteiger partial charge is 0.493 e. The molecule has 0 aliphatic carbocycles. The van der Waals surface area contributed by atoms with Gasteiger partial charge in [-0.2, -0.15) is 0 Å². The van der Waals surface area contributed by atoms with E-state index in [1.54, 1.807) is 19.2 Å². The van der Waals surface area contributed by atoms with Crippen LogP contribution in [0.4, 0.5) is 8.78 Å². The highest BCUT2D eigenvalue weighted by atomic mass is 127. The second-order valence-electron chi connectivity index (χ2n) is 5.10. The summed E-state index contributed by atoms with van der Waals surface area (Å²) >= 11 is 2.04. The van der Waals surface area contributed by atoms with Crippen molar-refractivity contribution < 1.29 is 23.0 Å². The van der Waals surface area contributed by atoms with Crippen LogP contribution in [0.25, 0.3) is 0 Å². The second-order valence-corrected chi connectivity index (χ2v) is 6.26. The first kappa shape index (κ1) is 18.4. The molecule has 0 saturated heterocycles. The van der Waals surface area contributed by atoms with Gasteiger partial charge in [0.05, 0.1) is 19.8 Å². The van der Waals surface area contributed by atoms with Crippen LogP contribution >= 0.6 is 22.6 Å². The Morgan fingerprint density at radius 1 is 1.08 bits per heavy atom. The molecule has 0 aromatic heterocycles. The van der Waals surface area contributed by atoms with Gasteiger partial charge >= 0.3 is 0 Å². The fourth-order valence-electron chi connectivity index (χ4n) is 2.21. The minimum Gasteiger partial charge on any atom is -0.493 e. The first-order chi connectivity index (χ1) is 11.4. The summed E-state index contributed by atoms with van der Waals surface area (Å²) in [4.78, 5) is 14.1. The average Bonchev–Trinajstić information content (AvgIpc) is 2.57. The van der Waals surface area contributed by atoms with E-state index in [0.717, 1.165) is 12.1 Å². The number of benzene rings is 2. The van der Waals surface area contributed by atoms with Gasteiger partial charge in [-0.3, -0.25) is 4.79 Å². The third-order valence-electron chi connectivity index (χ3n) is 3.45. The zero-order chi connectivity index (χ0) is 17.9. The Hall–Kier alpha value is -1.90. The molecule has 0 aliphatic rings. The highest BCUT2D eigenvalue weighted by Crippen LogP contribution is 2.32. The molecule has 1 amide bonds. The molecule has 0 saturated carbocycles. The predicted octanol–water partition coefficient (Wildman–Crippen LogP) is 3.86. The third kappa shape index (κ3) is 3.95. The molecule has 0 fully saturated rings. The molecular formula is C17H16F2INO3. The molecular weight excluding hydrogens is 431 g/mol. The number of hydrogen-bond donors (Lipinski definition) is 0. The summed E-state index contributed by atoms with van der Waals surface area (Å²) in [6.45, 7) is 0.153. The first-order valence-electron chi connectivity index (χ1n) is 6.98. The van der Waals surface area contributed by atoms with Gasteiger partial charge in [-0.05, 0) is 52.4 Å². The van der Waals surface area contributed by atoms with Gasteiger partial charge in [-0.15, -0.1) is 0 Å². The van der Waals surface area contributed by atoms with Crippen molar-refractivity contribution >= 4 is 28.5 Å². The predicted molar refractivity (Wildman–Crippen MR) is 94.4 cm³/mol. The fraction of sp³-hybridized carbons (Fsp3) is 0.235. The monoisotopic (exact) mass is 447 g/mol. The lowest BCUT2D eigenvalue weighted by molar-refractivity contribution is 0.0783. The van der Waals surface area contributed by atoms with E-state index < -0.39 is 11.6 Å². The lowest BCUT2D eigenvalue weighted by Crippen LogP contribution is -2.27. The van der Waals surface area contributed by atoms with Crippen molar-refractivity contribution in [3.63, 3.8) is 0 Å². The van der Waals surface area contributed by atoms with Crippen molar-refractivity contribution in [1.29, 1.82) is 0 Å². The summed E-state index contributed by atoms with van der Waals surface area (Å²) in [5, 5.41) is 0. The molecule has 0 atom stereocenters. The third-order valence-corrected chi connectivity index (χ3v) is 4.35. The number of methoxy groups -OCH3 is 2. The zero-order valence-corrected chi connectivity index (χ0v) is 15.6. The molecule has 2 aromatic rings. The Kier molecular flexibility index (Phi) is 5.98. The zero-order valence-electron chi connectivity index (χ0n) is 13.4. The molecule has 2 aromatic carbocycles. The van der Waals surface area contributed by atoms with Crippen LogP contribution in [0.3, 0.4) is 0 Å². The molecule has 4 nitrogen and oxygen atoms in total. The molecule has 7 heteroatoms. The molecule has 0 unspecified atom stereocenters. The maximum Gasteiger partial charge on any atom is 0.255 e. The van der Waals surface area contributed by atoms with Gasteiger partial charge in [-0.25, -0.2) is 8.78 Å². The molecule has 2 rings (SSSR count). The number of nitrogens with zero attached hydrogens (tertiary/aromatic N) is 1.